The average Bonchev–Trinajstić information content (AvgIpc) is 2.56. The highest BCUT2D eigenvalue weighted by Gasteiger charge is 2.23. The molecule has 2 heteroatoms. The van der Waals surface area contributed by atoms with E-state index in [-0.39, 0.29) is 6.10 Å². The van der Waals surface area contributed by atoms with Gasteiger partial charge in [-0.1, -0.05) is 67.2 Å². The first-order valence-electron chi connectivity index (χ1n) is 7.45. The van der Waals surface area contributed by atoms with Gasteiger partial charge in [0, 0.05) is 19.6 Å². The molecule has 0 aromatic heterocycles. The summed E-state index contributed by atoms with van der Waals surface area (Å²) in [6, 6.07) is 20.9. The Labute approximate surface area is 126 Å². The van der Waals surface area contributed by atoms with E-state index in [1.165, 1.54) is 11.1 Å². The molecular formula is C19H21NO. The molecule has 2 aromatic rings. The van der Waals surface area contributed by atoms with Crippen LogP contribution in [-0.4, -0.2) is 30.7 Å². The predicted molar refractivity (Wildman–Crippen MR) is 86.9 cm³/mol. The van der Waals surface area contributed by atoms with Crippen molar-refractivity contribution in [3.63, 3.8) is 0 Å². The number of morpholine rings is 1. The van der Waals surface area contributed by atoms with Crippen LogP contribution in [0.4, 0.5) is 0 Å². The number of hydrogen-bond acceptors (Lipinski definition) is 2. The Morgan fingerprint density at radius 3 is 2.43 bits per heavy atom. The highest BCUT2D eigenvalue weighted by Crippen LogP contribution is 2.22. The zero-order chi connectivity index (χ0) is 14.5. The molecule has 3 rings (SSSR count). The van der Waals surface area contributed by atoms with E-state index in [9.17, 15) is 0 Å². The van der Waals surface area contributed by atoms with Crippen molar-refractivity contribution in [2.24, 2.45) is 0 Å². The topological polar surface area (TPSA) is 12.5 Å². The second kappa shape index (κ2) is 6.70. The lowest BCUT2D eigenvalue weighted by molar-refractivity contribution is -0.00129. The standard InChI is InChI=1S/C19H21NO/c1-16(18-10-6-3-7-11-18)19-15-20(12-13-21-19)14-17-8-4-2-5-9-17/h2-11,19H,1,12-15H2. The van der Waals surface area contributed by atoms with Crippen molar-refractivity contribution < 1.29 is 4.74 Å². The third kappa shape index (κ3) is 3.60. The molecule has 1 aliphatic heterocycles. The molecule has 0 amide bonds. The Balaban J connectivity index is 1.64. The molecule has 0 N–H and O–H groups in total. The van der Waals surface area contributed by atoms with E-state index in [1.54, 1.807) is 0 Å². The predicted octanol–water partition coefficient (Wildman–Crippen LogP) is 3.60. The SMILES string of the molecule is C=C(c1ccccc1)C1CN(Cc2ccccc2)CCO1. The number of benzene rings is 2. The summed E-state index contributed by atoms with van der Waals surface area (Å²) in [5.41, 5.74) is 3.60. The van der Waals surface area contributed by atoms with Crippen LogP contribution >= 0.6 is 0 Å². The van der Waals surface area contributed by atoms with Crippen molar-refractivity contribution in [2.75, 3.05) is 19.7 Å². The van der Waals surface area contributed by atoms with Crippen molar-refractivity contribution in [1.82, 2.24) is 4.90 Å². The highest BCUT2D eigenvalue weighted by molar-refractivity contribution is 5.66. The minimum Gasteiger partial charge on any atom is -0.371 e. The van der Waals surface area contributed by atoms with Crippen LogP contribution in [0.25, 0.3) is 5.57 Å². The van der Waals surface area contributed by atoms with E-state index in [4.69, 9.17) is 4.74 Å². The fourth-order valence-electron chi connectivity index (χ4n) is 2.74. The monoisotopic (exact) mass is 279 g/mol. The maximum absolute atomic E-state index is 5.92. The molecule has 1 aliphatic rings. The van der Waals surface area contributed by atoms with Gasteiger partial charge >= 0.3 is 0 Å². The maximum atomic E-state index is 5.92. The summed E-state index contributed by atoms with van der Waals surface area (Å²) in [4.78, 5) is 2.44. The van der Waals surface area contributed by atoms with Gasteiger partial charge in [-0.2, -0.15) is 0 Å². The zero-order valence-electron chi connectivity index (χ0n) is 12.2. The number of hydrogen-bond donors (Lipinski definition) is 0. The lowest BCUT2D eigenvalue weighted by atomic mass is 10.0. The van der Waals surface area contributed by atoms with E-state index in [1.807, 2.05) is 18.2 Å². The van der Waals surface area contributed by atoms with Crippen LogP contribution in [0, 0.1) is 0 Å². The van der Waals surface area contributed by atoms with Crippen LogP contribution in [0.1, 0.15) is 11.1 Å². The Kier molecular flexibility index (Phi) is 4.49. The Morgan fingerprint density at radius 2 is 1.71 bits per heavy atom. The van der Waals surface area contributed by atoms with Crippen LogP contribution in [-0.2, 0) is 11.3 Å². The molecule has 1 heterocycles. The third-order valence-electron chi connectivity index (χ3n) is 3.93. The van der Waals surface area contributed by atoms with Crippen molar-refractivity contribution in [1.29, 1.82) is 0 Å². The minimum atomic E-state index is 0.0878. The van der Waals surface area contributed by atoms with E-state index in [0.717, 1.165) is 31.8 Å². The first-order chi connectivity index (χ1) is 10.3. The van der Waals surface area contributed by atoms with Gasteiger partial charge in [-0.3, -0.25) is 4.90 Å². The molecule has 0 bridgehead atoms. The summed E-state index contributed by atoms with van der Waals surface area (Å²) in [6.07, 6.45) is 0.0878. The Hall–Kier alpha value is -1.90. The molecule has 1 saturated heterocycles. The van der Waals surface area contributed by atoms with Crippen LogP contribution in [0.15, 0.2) is 67.2 Å². The smallest absolute Gasteiger partial charge is 0.0952 e. The van der Waals surface area contributed by atoms with Gasteiger partial charge in [0.15, 0.2) is 0 Å². The molecule has 2 nitrogen and oxygen atoms in total. The summed E-state index contributed by atoms with van der Waals surface area (Å²) >= 11 is 0. The van der Waals surface area contributed by atoms with E-state index in [2.05, 4.69) is 53.9 Å². The summed E-state index contributed by atoms with van der Waals surface area (Å²) in [7, 11) is 0. The van der Waals surface area contributed by atoms with Gasteiger partial charge in [-0.15, -0.1) is 0 Å². The summed E-state index contributed by atoms with van der Waals surface area (Å²) < 4.78 is 5.92. The minimum absolute atomic E-state index is 0.0878. The number of ether oxygens (including phenoxy) is 1. The van der Waals surface area contributed by atoms with E-state index in [0.29, 0.717) is 0 Å². The molecule has 0 saturated carbocycles. The fraction of sp³-hybridized carbons (Fsp3) is 0.263. The number of nitrogens with zero attached hydrogens (tertiary/aromatic N) is 1. The van der Waals surface area contributed by atoms with Crippen molar-refractivity contribution >= 4 is 5.57 Å². The van der Waals surface area contributed by atoms with Gasteiger partial charge in [0.05, 0.1) is 12.7 Å². The van der Waals surface area contributed by atoms with Crippen LogP contribution in [0.2, 0.25) is 0 Å². The molecule has 0 spiro atoms. The number of rotatable bonds is 4. The van der Waals surface area contributed by atoms with Crippen molar-refractivity contribution in [3.05, 3.63) is 78.4 Å². The molecule has 2 aromatic carbocycles. The summed E-state index contributed by atoms with van der Waals surface area (Å²) in [6.45, 7) is 7.87. The third-order valence-corrected chi connectivity index (χ3v) is 3.93. The van der Waals surface area contributed by atoms with Crippen LogP contribution in [0.3, 0.4) is 0 Å². The van der Waals surface area contributed by atoms with E-state index < -0.39 is 0 Å². The average molecular weight is 279 g/mol. The molecule has 1 atom stereocenters. The van der Waals surface area contributed by atoms with Crippen LogP contribution < -0.4 is 0 Å². The highest BCUT2D eigenvalue weighted by atomic mass is 16.5. The summed E-state index contributed by atoms with van der Waals surface area (Å²) in [5.74, 6) is 0. The van der Waals surface area contributed by atoms with Gasteiger partial charge in [0.1, 0.15) is 0 Å². The van der Waals surface area contributed by atoms with Crippen molar-refractivity contribution in [3.8, 4) is 0 Å². The van der Waals surface area contributed by atoms with Gasteiger partial charge in [-0.05, 0) is 16.7 Å². The van der Waals surface area contributed by atoms with Gasteiger partial charge in [0.25, 0.3) is 0 Å². The van der Waals surface area contributed by atoms with E-state index >= 15 is 0 Å². The Bertz CT molecular complexity index is 579. The largest absolute Gasteiger partial charge is 0.371 e. The first-order valence-corrected chi connectivity index (χ1v) is 7.45. The normalized spacial score (nSPS) is 19.3. The van der Waals surface area contributed by atoms with Gasteiger partial charge in [0.2, 0.25) is 0 Å². The molecule has 0 aliphatic carbocycles. The van der Waals surface area contributed by atoms with Crippen LogP contribution in [0.5, 0.6) is 0 Å². The molecule has 0 radical (unpaired) electrons. The lowest BCUT2D eigenvalue weighted by Gasteiger charge is -2.34. The second-order valence-corrected chi connectivity index (χ2v) is 5.47. The van der Waals surface area contributed by atoms with Gasteiger partial charge in [-0.25, -0.2) is 0 Å². The fourth-order valence-corrected chi connectivity index (χ4v) is 2.74. The first kappa shape index (κ1) is 14.1. The molecule has 108 valence electrons. The molecule has 21 heavy (non-hydrogen) atoms. The van der Waals surface area contributed by atoms with Crippen molar-refractivity contribution in [2.45, 2.75) is 12.6 Å². The molecule has 1 unspecified atom stereocenters. The second-order valence-electron chi connectivity index (χ2n) is 5.47. The zero-order valence-corrected chi connectivity index (χ0v) is 12.2. The quantitative estimate of drug-likeness (QED) is 0.848. The Morgan fingerprint density at radius 1 is 1.05 bits per heavy atom. The lowest BCUT2D eigenvalue weighted by Crippen LogP contribution is -2.42. The summed E-state index contributed by atoms with van der Waals surface area (Å²) in [5, 5.41) is 0. The van der Waals surface area contributed by atoms with Gasteiger partial charge < -0.3 is 4.74 Å². The maximum Gasteiger partial charge on any atom is 0.0952 e. The molecular weight excluding hydrogens is 258 g/mol. The molecule has 1 fully saturated rings.